The highest BCUT2D eigenvalue weighted by Crippen LogP contribution is 2.31. The molecule has 2 unspecified atom stereocenters. The van der Waals surface area contributed by atoms with Crippen LogP contribution in [0.2, 0.25) is 0 Å². The molecule has 108 valence electrons. The fourth-order valence-electron chi connectivity index (χ4n) is 2.69. The van der Waals surface area contributed by atoms with Gasteiger partial charge in [-0.15, -0.1) is 0 Å². The lowest BCUT2D eigenvalue weighted by Gasteiger charge is -2.38. The van der Waals surface area contributed by atoms with Crippen LogP contribution in [0.1, 0.15) is 24.2 Å². The topological polar surface area (TPSA) is 50.8 Å². The fraction of sp³-hybridized carbons (Fsp3) is 0.533. The highest BCUT2D eigenvalue weighted by Gasteiger charge is 2.29. The lowest BCUT2D eigenvalue weighted by Crippen LogP contribution is -2.57. The zero-order valence-electron chi connectivity index (χ0n) is 11.9. The van der Waals surface area contributed by atoms with Crippen molar-refractivity contribution in [1.29, 1.82) is 0 Å². The van der Waals surface area contributed by atoms with E-state index in [2.05, 4.69) is 19.2 Å². The Morgan fingerprint density at radius 1 is 1.25 bits per heavy atom. The summed E-state index contributed by atoms with van der Waals surface area (Å²) in [5.41, 5.74) is 0.662. The second kappa shape index (κ2) is 5.32. The molecule has 2 aliphatic heterocycles. The highest BCUT2D eigenvalue weighted by molar-refractivity contribution is 5.95. The lowest BCUT2D eigenvalue weighted by molar-refractivity contribution is 0.0602. The van der Waals surface area contributed by atoms with Crippen molar-refractivity contribution >= 4 is 5.91 Å². The summed E-state index contributed by atoms with van der Waals surface area (Å²) in [6, 6.07) is 5.91. The van der Waals surface area contributed by atoms with Crippen molar-refractivity contribution in [1.82, 2.24) is 10.2 Å². The summed E-state index contributed by atoms with van der Waals surface area (Å²) < 4.78 is 11.0. The fourth-order valence-corrected chi connectivity index (χ4v) is 2.69. The molecule has 0 radical (unpaired) electrons. The summed E-state index contributed by atoms with van der Waals surface area (Å²) in [6.07, 6.45) is 0. The highest BCUT2D eigenvalue weighted by atomic mass is 16.6. The average molecular weight is 276 g/mol. The van der Waals surface area contributed by atoms with Crippen molar-refractivity contribution in [2.45, 2.75) is 25.9 Å². The summed E-state index contributed by atoms with van der Waals surface area (Å²) in [5, 5.41) is 3.38. The van der Waals surface area contributed by atoms with Gasteiger partial charge in [-0.05, 0) is 32.0 Å². The van der Waals surface area contributed by atoms with Gasteiger partial charge in [0.05, 0.1) is 0 Å². The van der Waals surface area contributed by atoms with Gasteiger partial charge in [0.1, 0.15) is 13.2 Å². The van der Waals surface area contributed by atoms with Gasteiger partial charge in [-0.1, -0.05) is 0 Å². The first-order valence-corrected chi connectivity index (χ1v) is 7.11. The number of amides is 1. The first kappa shape index (κ1) is 13.2. The third-order valence-electron chi connectivity index (χ3n) is 4.08. The summed E-state index contributed by atoms with van der Waals surface area (Å²) in [7, 11) is 0. The van der Waals surface area contributed by atoms with E-state index in [1.54, 1.807) is 6.07 Å². The number of benzene rings is 1. The lowest BCUT2D eigenvalue weighted by atomic mass is 10.0. The van der Waals surface area contributed by atoms with Crippen LogP contribution >= 0.6 is 0 Å². The molecule has 1 aromatic rings. The third-order valence-corrected chi connectivity index (χ3v) is 4.08. The molecule has 5 heteroatoms. The molecule has 0 saturated carbocycles. The first-order chi connectivity index (χ1) is 9.66. The van der Waals surface area contributed by atoms with Crippen molar-refractivity contribution in [2.24, 2.45) is 0 Å². The predicted molar refractivity (Wildman–Crippen MR) is 75.4 cm³/mol. The minimum absolute atomic E-state index is 0.0582. The predicted octanol–water partition coefficient (Wildman–Crippen LogP) is 1.28. The van der Waals surface area contributed by atoms with E-state index in [9.17, 15) is 4.79 Å². The normalized spacial score (nSPS) is 25.4. The van der Waals surface area contributed by atoms with Crippen molar-refractivity contribution in [3.8, 4) is 11.5 Å². The number of nitrogens with zero attached hydrogens (tertiary/aromatic N) is 1. The molecule has 1 N–H and O–H groups in total. The van der Waals surface area contributed by atoms with Crippen LogP contribution in [0, 0.1) is 0 Å². The Bertz CT molecular complexity index is 518. The second-order valence-electron chi connectivity index (χ2n) is 5.34. The van der Waals surface area contributed by atoms with Crippen LogP contribution in [0.25, 0.3) is 0 Å². The van der Waals surface area contributed by atoms with Crippen LogP contribution < -0.4 is 14.8 Å². The van der Waals surface area contributed by atoms with E-state index in [0.29, 0.717) is 30.6 Å². The molecule has 0 bridgehead atoms. The quantitative estimate of drug-likeness (QED) is 0.839. The number of ether oxygens (including phenoxy) is 2. The van der Waals surface area contributed by atoms with Gasteiger partial charge in [0.15, 0.2) is 11.5 Å². The molecular weight excluding hydrogens is 256 g/mol. The van der Waals surface area contributed by atoms with Crippen LogP contribution in [0.3, 0.4) is 0 Å². The summed E-state index contributed by atoms with van der Waals surface area (Å²) in [5.74, 6) is 1.44. The van der Waals surface area contributed by atoms with Gasteiger partial charge in [-0.2, -0.15) is 0 Å². The molecular formula is C15H20N2O3. The number of carbonyl (C=O) groups is 1. The van der Waals surface area contributed by atoms with Gasteiger partial charge < -0.3 is 19.7 Å². The Balaban J connectivity index is 1.83. The average Bonchev–Trinajstić information content (AvgIpc) is 2.49. The maximum atomic E-state index is 12.6. The molecule has 3 rings (SSSR count). The molecule has 20 heavy (non-hydrogen) atoms. The molecule has 1 amide bonds. The minimum atomic E-state index is 0.0582. The Labute approximate surface area is 118 Å². The van der Waals surface area contributed by atoms with E-state index < -0.39 is 0 Å². The molecule has 1 saturated heterocycles. The monoisotopic (exact) mass is 276 g/mol. The number of piperazine rings is 1. The number of carbonyl (C=O) groups excluding carboxylic acids is 1. The molecule has 0 aromatic heterocycles. The van der Waals surface area contributed by atoms with Gasteiger partial charge in [0.2, 0.25) is 0 Å². The van der Waals surface area contributed by atoms with Crippen molar-refractivity contribution in [2.75, 3.05) is 26.3 Å². The Hall–Kier alpha value is -1.75. The smallest absolute Gasteiger partial charge is 0.254 e. The molecule has 2 heterocycles. The van der Waals surface area contributed by atoms with Crippen LogP contribution in [0.15, 0.2) is 18.2 Å². The second-order valence-corrected chi connectivity index (χ2v) is 5.34. The van der Waals surface area contributed by atoms with Crippen LogP contribution in [-0.4, -0.2) is 49.2 Å². The number of hydrogen-bond donors (Lipinski definition) is 1. The summed E-state index contributed by atoms with van der Waals surface area (Å²) in [4.78, 5) is 14.6. The SMILES string of the molecule is CC1NCCN(C(=O)c2ccc3c(c2)OCCO3)C1C. The summed E-state index contributed by atoms with van der Waals surface area (Å²) in [6.45, 7) is 6.85. The van der Waals surface area contributed by atoms with Gasteiger partial charge in [-0.25, -0.2) is 0 Å². The molecule has 5 nitrogen and oxygen atoms in total. The minimum Gasteiger partial charge on any atom is -0.486 e. The number of nitrogens with one attached hydrogen (secondary N) is 1. The Morgan fingerprint density at radius 3 is 2.80 bits per heavy atom. The van der Waals surface area contributed by atoms with Crippen LogP contribution in [0.5, 0.6) is 11.5 Å². The zero-order valence-corrected chi connectivity index (χ0v) is 11.9. The van der Waals surface area contributed by atoms with Gasteiger partial charge >= 0.3 is 0 Å². The van der Waals surface area contributed by atoms with E-state index in [4.69, 9.17) is 9.47 Å². The molecule has 1 fully saturated rings. The number of rotatable bonds is 1. The van der Waals surface area contributed by atoms with E-state index in [0.717, 1.165) is 18.8 Å². The number of fused-ring (bicyclic) bond motifs is 1. The third kappa shape index (κ3) is 2.33. The van der Waals surface area contributed by atoms with Crippen molar-refractivity contribution in [3.05, 3.63) is 23.8 Å². The van der Waals surface area contributed by atoms with E-state index >= 15 is 0 Å². The van der Waals surface area contributed by atoms with E-state index in [-0.39, 0.29) is 11.9 Å². The first-order valence-electron chi connectivity index (χ1n) is 7.11. The van der Waals surface area contributed by atoms with Crippen LogP contribution in [0.4, 0.5) is 0 Å². The number of hydrogen-bond acceptors (Lipinski definition) is 4. The van der Waals surface area contributed by atoms with E-state index in [1.165, 1.54) is 0 Å². The van der Waals surface area contributed by atoms with Gasteiger partial charge in [-0.3, -0.25) is 4.79 Å². The molecule has 2 atom stereocenters. The zero-order chi connectivity index (χ0) is 14.1. The Kier molecular flexibility index (Phi) is 3.53. The Morgan fingerprint density at radius 2 is 2.00 bits per heavy atom. The standard InChI is InChI=1S/C15H20N2O3/c1-10-11(2)17(6-5-16-10)15(18)12-3-4-13-14(9-12)20-8-7-19-13/h3-4,9-11,16H,5-8H2,1-2H3. The molecule has 0 spiro atoms. The molecule has 0 aliphatic carbocycles. The van der Waals surface area contributed by atoms with Gasteiger partial charge in [0.25, 0.3) is 5.91 Å². The van der Waals surface area contributed by atoms with Crippen molar-refractivity contribution in [3.63, 3.8) is 0 Å². The molecule has 1 aromatic carbocycles. The maximum absolute atomic E-state index is 12.6. The summed E-state index contributed by atoms with van der Waals surface area (Å²) >= 11 is 0. The largest absolute Gasteiger partial charge is 0.486 e. The maximum Gasteiger partial charge on any atom is 0.254 e. The van der Waals surface area contributed by atoms with E-state index in [1.807, 2.05) is 17.0 Å². The van der Waals surface area contributed by atoms with Gasteiger partial charge in [0, 0.05) is 30.7 Å². The molecule has 2 aliphatic rings. The van der Waals surface area contributed by atoms with Crippen LogP contribution in [-0.2, 0) is 0 Å². The van der Waals surface area contributed by atoms with Crippen molar-refractivity contribution < 1.29 is 14.3 Å².